The lowest BCUT2D eigenvalue weighted by Crippen LogP contribution is -2.46. The second-order valence-electron chi connectivity index (χ2n) is 7.90. The number of nitrogens with zero attached hydrogens (tertiary/aromatic N) is 2. The first-order valence-corrected chi connectivity index (χ1v) is 11.7. The molecule has 2 aromatic rings. The number of hydrogen-bond donors (Lipinski definition) is 1. The van der Waals surface area contributed by atoms with Gasteiger partial charge in [-0.1, -0.05) is 12.1 Å². The number of carbonyl (C=O) groups is 3. The Bertz CT molecular complexity index is 965. The first-order valence-electron chi connectivity index (χ1n) is 10.7. The Morgan fingerprint density at radius 2 is 1.77 bits per heavy atom. The lowest BCUT2D eigenvalue weighted by Gasteiger charge is -2.33. The Hall–Kier alpha value is -2.74. The quantitative estimate of drug-likeness (QED) is 0.770. The predicted molar refractivity (Wildman–Crippen MR) is 119 cm³/mol. The van der Waals surface area contributed by atoms with E-state index >= 15 is 0 Å². The van der Waals surface area contributed by atoms with E-state index in [-0.39, 0.29) is 36.6 Å². The minimum atomic E-state index is -0.219. The lowest BCUT2D eigenvalue weighted by atomic mass is 10.0. The van der Waals surface area contributed by atoms with E-state index in [1.165, 1.54) is 0 Å². The SMILES string of the molecule is Cc1ccc(C(=O)NC2CCN(C(=O)CCC(=O)N3CCSc4ccccc43)CC2)o1. The fourth-order valence-electron chi connectivity index (χ4n) is 4.02. The van der Waals surface area contributed by atoms with Crippen LogP contribution in [0.5, 0.6) is 0 Å². The van der Waals surface area contributed by atoms with E-state index in [4.69, 9.17) is 4.42 Å². The maximum Gasteiger partial charge on any atom is 0.287 e. The number of likely N-dealkylation sites (tertiary alicyclic amines) is 1. The first-order chi connectivity index (χ1) is 15.0. The summed E-state index contributed by atoms with van der Waals surface area (Å²) in [5, 5.41) is 2.98. The number of piperidine rings is 1. The maximum absolute atomic E-state index is 12.7. The molecule has 0 radical (unpaired) electrons. The van der Waals surface area contributed by atoms with Gasteiger partial charge in [0.1, 0.15) is 5.76 Å². The molecule has 1 aromatic heterocycles. The fraction of sp³-hybridized carbons (Fsp3) is 0.435. The maximum atomic E-state index is 12.7. The number of rotatable bonds is 5. The van der Waals surface area contributed by atoms with Crippen molar-refractivity contribution in [2.24, 2.45) is 0 Å². The van der Waals surface area contributed by atoms with Gasteiger partial charge in [-0.05, 0) is 44.0 Å². The normalized spacial score (nSPS) is 16.7. The topological polar surface area (TPSA) is 82.9 Å². The van der Waals surface area contributed by atoms with E-state index < -0.39 is 0 Å². The number of benzene rings is 1. The molecular weight excluding hydrogens is 414 g/mol. The first kappa shape index (κ1) is 21.5. The van der Waals surface area contributed by atoms with Gasteiger partial charge in [0.15, 0.2) is 5.76 Å². The molecule has 31 heavy (non-hydrogen) atoms. The number of nitrogens with one attached hydrogen (secondary N) is 1. The van der Waals surface area contributed by atoms with Crippen molar-refractivity contribution in [3.05, 3.63) is 47.9 Å². The Labute approximate surface area is 186 Å². The molecule has 0 aliphatic carbocycles. The van der Waals surface area contributed by atoms with Crippen LogP contribution in [0.2, 0.25) is 0 Å². The number of aryl methyl sites for hydroxylation is 1. The van der Waals surface area contributed by atoms with Crippen molar-refractivity contribution in [2.45, 2.75) is 43.5 Å². The Kier molecular flexibility index (Phi) is 6.65. The Balaban J connectivity index is 1.22. The molecule has 1 aromatic carbocycles. The number of hydrogen-bond acceptors (Lipinski definition) is 5. The molecule has 3 amide bonds. The van der Waals surface area contributed by atoms with E-state index in [1.807, 2.05) is 24.3 Å². The molecule has 1 fully saturated rings. The van der Waals surface area contributed by atoms with Gasteiger partial charge >= 0.3 is 0 Å². The highest BCUT2D eigenvalue weighted by Crippen LogP contribution is 2.34. The van der Waals surface area contributed by atoms with Crippen molar-refractivity contribution < 1.29 is 18.8 Å². The molecule has 7 nitrogen and oxygen atoms in total. The summed E-state index contributed by atoms with van der Waals surface area (Å²) in [6.07, 6.45) is 1.82. The van der Waals surface area contributed by atoms with Crippen LogP contribution in [0, 0.1) is 6.92 Å². The zero-order valence-electron chi connectivity index (χ0n) is 17.6. The summed E-state index contributed by atoms with van der Waals surface area (Å²) in [4.78, 5) is 42.3. The van der Waals surface area contributed by atoms with Crippen LogP contribution < -0.4 is 10.2 Å². The molecule has 2 aliphatic rings. The van der Waals surface area contributed by atoms with Crippen LogP contribution in [0.3, 0.4) is 0 Å². The number of furan rings is 1. The van der Waals surface area contributed by atoms with E-state index in [0.717, 1.165) is 16.3 Å². The van der Waals surface area contributed by atoms with Gasteiger partial charge in [0, 0.05) is 49.2 Å². The standard InChI is InChI=1S/C23H27N3O4S/c1-16-6-7-19(30-16)23(29)24-17-10-12-25(13-11-17)21(27)8-9-22(28)26-14-15-31-20-5-3-2-4-18(20)26/h2-7,17H,8-15H2,1H3,(H,24,29). The fourth-order valence-corrected chi connectivity index (χ4v) is 5.02. The van der Waals surface area contributed by atoms with Gasteiger partial charge in [0.2, 0.25) is 11.8 Å². The predicted octanol–water partition coefficient (Wildman–Crippen LogP) is 3.23. The van der Waals surface area contributed by atoms with Crippen molar-refractivity contribution >= 4 is 35.2 Å². The van der Waals surface area contributed by atoms with E-state index in [2.05, 4.69) is 5.32 Å². The molecule has 0 atom stereocenters. The molecule has 0 bridgehead atoms. The van der Waals surface area contributed by atoms with Crippen LogP contribution in [0.4, 0.5) is 5.69 Å². The van der Waals surface area contributed by atoms with Gasteiger partial charge in [-0.15, -0.1) is 11.8 Å². The lowest BCUT2D eigenvalue weighted by molar-refractivity contribution is -0.134. The smallest absolute Gasteiger partial charge is 0.287 e. The summed E-state index contributed by atoms with van der Waals surface area (Å²) < 4.78 is 5.36. The monoisotopic (exact) mass is 441 g/mol. The zero-order chi connectivity index (χ0) is 21.8. The van der Waals surface area contributed by atoms with Gasteiger partial charge in [0.05, 0.1) is 5.69 Å². The summed E-state index contributed by atoms with van der Waals surface area (Å²) in [5.41, 5.74) is 0.944. The minimum absolute atomic E-state index is 0.000504. The van der Waals surface area contributed by atoms with Crippen molar-refractivity contribution in [3.8, 4) is 0 Å². The second kappa shape index (κ2) is 9.60. The van der Waals surface area contributed by atoms with Crippen molar-refractivity contribution in [1.82, 2.24) is 10.2 Å². The summed E-state index contributed by atoms with van der Waals surface area (Å²) in [5.74, 6) is 1.66. The average Bonchev–Trinajstić information content (AvgIpc) is 3.24. The van der Waals surface area contributed by atoms with Crippen LogP contribution in [-0.2, 0) is 9.59 Å². The number of thioether (sulfide) groups is 1. The molecule has 164 valence electrons. The minimum Gasteiger partial charge on any atom is -0.456 e. The molecule has 8 heteroatoms. The van der Waals surface area contributed by atoms with E-state index in [1.54, 1.807) is 40.6 Å². The number of carbonyl (C=O) groups excluding carboxylic acids is 3. The molecule has 1 saturated heterocycles. The summed E-state index contributed by atoms with van der Waals surface area (Å²) in [6, 6.07) is 11.4. The van der Waals surface area contributed by atoms with E-state index in [0.29, 0.717) is 44.0 Å². The molecule has 1 N–H and O–H groups in total. The highest BCUT2D eigenvalue weighted by Gasteiger charge is 2.27. The van der Waals surface area contributed by atoms with Gasteiger partial charge in [-0.3, -0.25) is 14.4 Å². The molecule has 3 heterocycles. The largest absolute Gasteiger partial charge is 0.456 e. The molecular formula is C23H27N3O4S. The van der Waals surface area contributed by atoms with Crippen LogP contribution in [0.15, 0.2) is 45.7 Å². The van der Waals surface area contributed by atoms with Crippen molar-refractivity contribution in [3.63, 3.8) is 0 Å². The summed E-state index contributed by atoms with van der Waals surface area (Å²) >= 11 is 1.76. The second-order valence-corrected chi connectivity index (χ2v) is 9.04. The molecule has 4 rings (SSSR count). The molecule has 0 unspecified atom stereocenters. The molecule has 0 spiro atoms. The van der Waals surface area contributed by atoms with Crippen LogP contribution in [0.1, 0.15) is 42.0 Å². The summed E-state index contributed by atoms with van der Waals surface area (Å²) in [6.45, 7) is 3.64. The molecule has 2 aliphatic heterocycles. The number of amides is 3. The van der Waals surface area contributed by atoms with Crippen molar-refractivity contribution in [2.75, 3.05) is 30.3 Å². The van der Waals surface area contributed by atoms with Gasteiger partial charge in [0.25, 0.3) is 5.91 Å². The third-order valence-electron chi connectivity index (χ3n) is 5.73. The van der Waals surface area contributed by atoms with Gasteiger partial charge < -0.3 is 19.5 Å². The van der Waals surface area contributed by atoms with Gasteiger partial charge in [-0.2, -0.15) is 0 Å². The van der Waals surface area contributed by atoms with Crippen LogP contribution in [0.25, 0.3) is 0 Å². The highest BCUT2D eigenvalue weighted by atomic mass is 32.2. The summed E-state index contributed by atoms with van der Waals surface area (Å²) in [7, 11) is 0. The zero-order valence-corrected chi connectivity index (χ0v) is 18.5. The number of para-hydroxylation sites is 1. The van der Waals surface area contributed by atoms with Gasteiger partial charge in [-0.25, -0.2) is 0 Å². The van der Waals surface area contributed by atoms with Crippen LogP contribution in [-0.4, -0.2) is 54.1 Å². The third-order valence-corrected chi connectivity index (χ3v) is 6.77. The Morgan fingerprint density at radius 3 is 2.52 bits per heavy atom. The van der Waals surface area contributed by atoms with Crippen LogP contribution >= 0.6 is 11.8 Å². The van der Waals surface area contributed by atoms with E-state index in [9.17, 15) is 14.4 Å². The highest BCUT2D eigenvalue weighted by molar-refractivity contribution is 7.99. The average molecular weight is 442 g/mol. The Morgan fingerprint density at radius 1 is 1.03 bits per heavy atom. The van der Waals surface area contributed by atoms with Crippen molar-refractivity contribution in [1.29, 1.82) is 0 Å². The molecule has 0 saturated carbocycles. The number of fused-ring (bicyclic) bond motifs is 1. The third kappa shape index (κ3) is 5.12. The number of anilines is 1.